The van der Waals surface area contributed by atoms with Crippen molar-refractivity contribution in [3.8, 4) is 11.3 Å². The predicted octanol–water partition coefficient (Wildman–Crippen LogP) is 2.79. The Balaban J connectivity index is 1.89. The van der Waals surface area contributed by atoms with Crippen LogP contribution in [0.3, 0.4) is 0 Å². The van der Waals surface area contributed by atoms with E-state index in [4.69, 9.17) is 16.1 Å². The van der Waals surface area contributed by atoms with E-state index in [1.54, 1.807) is 13.0 Å². The van der Waals surface area contributed by atoms with E-state index >= 15 is 0 Å². The Labute approximate surface area is 134 Å². The summed E-state index contributed by atoms with van der Waals surface area (Å²) in [5, 5.41) is 10.9. The van der Waals surface area contributed by atoms with Gasteiger partial charge in [-0.05, 0) is 32.4 Å². The van der Waals surface area contributed by atoms with Crippen LogP contribution in [-0.4, -0.2) is 30.2 Å². The summed E-state index contributed by atoms with van der Waals surface area (Å²) in [6.07, 6.45) is 2.04. The molecule has 22 heavy (non-hydrogen) atoms. The summed E-state index contributed by atoms with van der Waals surface area (Å²) in [7, 11) is 0. The lowest BCUT2D eigenvalue weighted by atomic mass is 10.0. The van der Waals surface area contributed by atoms with Gasteiger partial charge in [-0.3, -0.25) is 4.79 Å². The van der Waals surface area contributed by atoms with E-state index in [0.29, 0.717) is 27.6 Å². The van der Waals surface area contributed by atoms with Crippen molar-refractivity contribution in [3.05, 3.63) is 40.6 Å². The van der Waals surface area contributed by atoms with Crippen LogP contribution in [0.1, 0.15) is 29.0 Å². The van der Waals surface area contributed by atoms with Gasteiger partial charge < -0.3 is 15.2 Å². The molecule has 1 aliphatic rings. The smallest absolute Gasteiger partial charge is 0.257 e. The van der Waals surface area contributed by atoms with Gasteiger partial charge >= 0.3 is 0 Å². The minimum atomic E-state index is -0.164. The highest BCUT2D eigenvalue weighted by Crippen LogP contribution is 2.31. The number of rotatable bonds is 3. The molecule has 0 aliphatic carbocycles. The van der Waals surface area contributed by atoms with Crippen molar-refractivity contribution in [3.63, 3.8) is 0 Å². The normalized spacial score (nSPS) is 18.2. The molecule has 0 radical (unpaired) electrons. The van der Waals surface area contributed by atoms with Crippen LogP contribution in [0.25, 0.3) is 11.3 Å². The van der Waals surface area contributed by atoms with Crippen LogP contribution in [-0.2, 0) is 0 Å². The van der Waals surface area contributed by atoms with Crippen molar-refractivity contribution in [1.29, 1.82) is 0 Å². The van der Waals surface area contributed by atoms with E-state index in [9.17, 15) is 4.79 Å². The van der Waals surface area contributed by atoms with Gasteiger partial charge in [-0.15, -0.1) is 0 Å². The molecular formula is C16H18ClN3O2. The summed E-state index contributed by atoms with van der Waals surface area (Å²) in [4.78, 5) is 12.6. The van der Waals surface area contributed by atoms with Crippen molar-refractivity contribution in [1.82, 2.24) is 15.8 Å². The quantitative estimate of drug-likeness (QED) is 0.913. The number of piperidine rings is 1. The first-order valence-electron chi connectivity index (χ1n) is 7.39. The third kappa shape index (κ3) is 3.00. The fourth-order valence-corrected chi connectivity index (χ4v) is 2.93. The highest BCUT2D eigenvalue weighted by atomic mass is 35.5. The minimum Gasteiger partial charge on any atom is -0.360 e. The molecule has 6 heteroatoms. The number of hydrogen-bond donors (Lipinski definition) is 2. The molecule has 0 saturated carbocycles. The fourth-order valence-electron chi connectivity index (χ4n) is 2.71. The molecule has 1 aliphatic heterocycles. The average molecular weight is 320 g/mol. The zero-order valence-corrected chi connectivity index (χ0v) is 13.1. The number of benzene rings is 1. The van der Waals surface area contributed by atoms with Crippen molar-refractivity contribution < 1.29 is 9.32 Å². The molecule has 1 aromatic heterocycles. The minimum absolute atomic E-state index is 0.134. The van der Waals surface area contributed by atoms with Gasteiger partial charge in [0.05, 0.1) is 5.02 Å². The van der Waals surface area contributed by atoms with Crippen LogP contribution in [0.4, 0.5) is 0 Å². The summed E-state index contributed by atoms with van der Waals surface area (Å²) in [5.74, 6) is 0.332. The first kappa shape index (κ1) is 15.1. The highest BCUT2D eigenvalue weighted by molar-refractivity contribution is 6.33. The second-order valence-electron chi connectivity index (χ2n) is 5.46. The zero-order chi connectivity index (χ0) is 15.5. The van der Waals surface area contributed by atoms with Crippen molar-refractivity contribution >= 4 is 17.5 Å². The van der Waals surface area contributed by atoms with Crippen LogP contribution in [0.2, 0.25) is 5.02 Å². The zero-order valence-electron chi connectivity index (χ0n) is 12.4. The fraction of sp³-hybridized carbons (Fsp3) is 0.375. The molecule has 116 valence electrons. The molecule has 0 unspecified atom stereocenters. The number of amides is 1. The largest absolute Gasteiger partial charge is 0.360 e. The predicted molar refractivity (Wildman–Crippen MR) is 85.0 cm³/mol. The number of hydrogen-bond acceptors (Lipinski definition) is 4. The Hall–Kier alpha value is -1.85. The summed E-state index contributed by atoms with van der Waals surface area (Å²) in [5.41, 5.74) is 1.65. The summed E-state index contributed by atoms with van der Waals surface area (Å²) in [6.45, 7) is 3.53. The second kappa shape index (κ2) is 6.50. The molecule has 2 N–H and O–H groups in total. The number of carbonyl (C=O) groups excluding carboxylic acids is 1. The Morgan fingerprint density at radius 1 is 1.45 bits per heavy atom. The van der Waals surface area contributed by atoms with Gasteiger partial charge in [-0.2, -0.15) is 0 Å². The maximum Gasteiger partial charge on any atom is 0.257 e. The number of nitrogens with one attached hydrogen (secondary N) is 2. The molecule has 0 bridgehead atoms. The van der Waals surface area contributed by atoms with Gasteiger partial charge in [-0.1, -0.05) is 35.0 Å². The van der Waals surface area contributed by atoms with Gasteiger partial charge in [0.2, 0.25) is 0 Å². The number of carbonyl (C=O) groups is 1. The van der Waals surface area contributed by atoms with Crippen molar-refractivity contribution in [2.75, 3.05) is 13.1 Å². The SMILES string of the molecule is Cc1onc(-c2ccccc2Cl)c1C(=O)N[C@H]1CCCNC1. The molecule has 3 rings (SSSR count). The third-order valence-electron chi connectivity index (χ3n) is 3.85. The van der Waals surface area contributed by atoms with E-state index in [0.717, 1.165) is 25.9 Å². The average Bonchev–Trinajstić information content (AvgIpc) is 2.90. The molecule has 1 saturated heterocycles. The van der Waals surface area contributed by atoms with Crippen molar-refractivity contribution in [2.45, 2.75) is 25.8 Å². The standard InChI is InChI=1S/C16H18ClN3O2/c1-10-14(16(21)19-11-5-4-8-18-9-11)15(20-22-10)12-6-2-3-7-13(12)17/h2-3,6-7,11,18H,4-5,8-9H2,1H3,(H,19,21)/t11-/m0/s1. The van der Waals surface area contributed by atoms with E-state index < -0.39 is 0 Å². The van der Waals surface area contributed by atoms with Crippen molar-refractivity contribution in [2.24, 2.45) is 0 Å². The first-order chi connectivity index (χ1) is 10.7. The lowest BCUT2D eigenvalue weighted by Crippen LogP contribution is -2.45. The first-order valence-corrected chi connectivity index (χ1v) is 7.77. The topological polar surface area (TPSA) is 67.2 Å². The molecular weight excluding hydrogens is 302 g/mol. The summed E-state index contributed by atoms with van der Waals surface area (Å²) < 4.78 is 5.23. The molecule has 5 nitrogen and oxygen atoms in total. The maximum atomic E-state index is 12.6. The van der Waals surface area contributed by atoms with Gasteiger partial charge in [0.25, 0.3) is 5.91 Å². The van der Waals surface area contributed by atoms with Crippen LogP contribution >= 0.6 is 11.6 Å². The van der Waals surface area contributed by atoms with Crippen LogP contribution in [0.15, 0.2) is 28.8 Å². The Morgan fingerprint density at radius 2 is 2.27 bits per heavy atom. The maximum absolute atomic E-state index is 12.6. The van der Waals surface area contributed by atoms with Gasteiger partial charge in [0.1, 0.15) is 17.0 Å². The molecule has 1 aromatic carbocycles. The molecule has 1 amide bonds. The number of nitrogens with zero attached hydrogens (tertiary/aromatic N) is 1. The molecule has 1 atom stereocenters. The lowest BCUT2D eigenvalue weighted by molar-refractivity contribution is 0.0929. The van der Waals surface area contributed by atoms with Crippen LogP contribution in [0.5, 0.6) is 0 Å². The Bertz CT molecular complexity index is 678. The highest BCUT2D eigenvalue weighted by Gasteiger charge is 2.25. The van der Waals surface area contributed by atoms with Gasteiger partial charge in [0, 0.05) is 18.2 Å². The molecule has 0 spiro atoms. The Morgan fingerprint density at radius 3 is 3.00 bits per heavy atom. The third-order valence-corrected chi connectivity index (χ3v) is 4.18. The second-order valence-corrected chi connectivity index (χ2v) is 5.87. The van der Waals surface area contributed by atoms with E-state index in [2.05, 4.69) is 15.8 Å². The summed E-state index contributed by atoms with van der Waals surface area (Å²) in [6, 6.07) is 7.44. The number of aromatic nitrogens is 1. The van der Waals surface area contributed by atoms with Gasteiger partial charge in [0.15, 0.2) is 0 Å². The van der Waals surface area contributed by atoms with E-state index in [-0.39, 0.29) is 11.9 Å². The Kier molecular flexibility index (Phi) is 4.45. The van der Waals surface area contributed by atoms with E-state index in [1.807, 2.05) is 18.2 Å². The molecule has 2 aromatic rings. The monoisotopic (exact) mass is 319 g/mol. The summed E-state index contributed by atoms with van der Waals surface area (Å²) >= 11 is 6.21. The molecule has 1 fully saturated rings. The van der Waals surface area contributed by atoms with Crippen LogP contribution < -0.4 is 10.6 Å². The van der Waals surface area contributed by atoms with Crippen LogP contribution in [0, 0.1) is 6.92 Å². The lowest BCUT2D eigenvalue weighted by Gasteiger charge is -2.23. The van der Waals surface area contributed by atoms with Gasteiger partial charge in [-0.25, -0.2) is 0 Å². The van der Waals surface area contributed by atoms with E-state index in [1.165, 1.54) is 0 Å². The number of halogens is 1. The molecule has 2 heterocycles. The number of aryl methyl sites for hydroxylation is 1.